The Hall–Kier alpha value is -1.00. The fraction of sp³-hybridized carbons (Fsp3) is 0.500. The largest absolute Gasteiger partial charge is 0.391 e. The molecule has 2 heterocycles. The minimum Gasteiger partial charge on any atom is -0.391 e. The summed E-state index contributed by atoms with van der Waals surface area (Å²) in [5.74, 6) is 0.110. The summed E-state index contributed by atoms with van der Waals surface area (Å²) in [6.45, 7) is 1.45. The summed E-state index contributed by atoms with van der Waals surface area (Å²) in [5, 5.41) is 12.6. The monoisotopic (exact) mass is 165 g/mol. The third-order valence-electron chi connectivity index (χ3n) is 2.15. The molecule has 4 heteroatoms. The van der Waals surface area contributed by atoms with Crippen LogP contribution in [0.25, 0.3) is 0 Å². The zero-order chi connectivity index (χ0) is 8.39. The fourth-order valence-corrected chi connectivity index (χ4v) is 1.47. The first-order valence-corrected chi connectivity index (χ1v) is 4.02. The van der Waals surface area contributed by atoms with Crippen molar-refractivity contribution in [1.82, 2.24) is 15.3 Å². The van der Waals surface area contributed by atoms with Crippen LogP contribution in [0, 0.1) is 0 Å². The second kappa shape index (κ2) is 3.16. The van der Waals surface area contributed by atoms with Gasteiger partial charge in [0.1, 0.15) is 0 Å². The number of aliphatic hydroxyl groups is 1. The second-order valence-corrected chi connectivity index (χ2v) is 2.96. The molecule has 64 valence electrons. The first kappa shape index (κ1) is 7.64. The van der Waals surface area contributed by atoms with E-state index in [1.807, 2.05) is 0 Å². The Kier molecular flexibility index (Phi) is 2.01. The van der Waals surface area contributed by atoms with Crippen molar-refractivity contribution < 1.29 is 5.11 Å². The molecule has 0 saturated carbocycles. The SMILES string of the molecule is O[C@@H]1CNC[C@H]1c1cnccn1. The van der Waals surface area contributed by atoms with Crippen LogP contribution in [0.2, 0.25) is 0 Å². The summed E-state index contributed by atoms with van der Waals surface area (Å²) < 4.78 is 0. The Morgan fingerprint density at radius 3 is 2.92 bits per heavy atom. The van der Waals surface area contributed by atoms with E-state index in [1.54, 1.807) is 18.6 Å². The number of β-amino-alcohol motifs (C(OH)–C–C–N with tert-alkyl or cyclic N) is 1. The minimum absolute atomic E-state index is 0.110. The first-order chi connectivity index (χ1) is 5.88. The normalized spacial score (nSPS) is 29.1. The van der Waals surface area contributed by atoms with E-state index in [4.69, 9.17) is 0 Å². The zero-order valence-electron chi connectivity index (χ0n) is 6.64. The van der Waals surface area contributed by atoms with Crippen molar-refractivity contribution in [1.29, 1.82) is 0 Å². The highest BCUT2D eigenvalue weighted by molar-refractivity contribution is 5.09. The summed E-state index contributed by atoms with van der Waals surface area (Å²) in [4.78, 5) is 8.11. The van der Waals surface area contributed by atoms with E-state index >= 15 is 0 Å². The molecule has 2 N–H and O–H groups in total. The molecule has 4 nitrogen and oxygen atoms in total. The van der Waals surface area contributed by atoms with Gasteiger partial charge in [0.05, 0.1) is 11.8 Å². The van der Waals surface area contributed by atoms with E-state index in [0.717, 1.165) is 12.2 Å². The van der Waals surface area contributed by atoms with E-state index in [1.165, 1.54) is 0 Å². The van der Waals surface area contributed by atoms with Crippen LogP contribution in [0.4, 0.5) is 0 Å². The van der Waals surface area contributed by atoms with Crippen LogP contribution >= 0.6 is 0 Å². The lowest BCUT2D eigenvalue weighted by molar-refractivity contribution is 0.176. The summed E-state index contributed by atoms with van der Waals surface area (Å²) in [6, 6.07) is 0. The van der Waals surface area contributed by atoms with E-state index in [2.05, 4.69) is 15.3 Å². The van der Waals surface area contributed by atoms with Crippen molar-refractivity contribution in [2.75, 3.05) is 13.1 Å². The van der Waals surface area contributed by atoms with Gasteiger partial charge in [0.25, 0.3) is 0 Å². The van der Waals surface area contributed by atoms with Crippen molar-refractivity contribution in [3.63, 3.8) is 0 Å². The van der Waals surface area contributed by atoms with Gasteiger partial charge in [-0.15, -0.1) is 0 Å². The number of aliphatic hydroxyl groups excluding tert-OH is 1. The Balaban J connectivity index is 2.19. The highest BCUT2D eigenvalue weighted by Crippen LogP contribution is 2.19. The maximum atomic E-state index is 9.51. The number of hydrogen-bond acceptors (Lipinski definition) is 4. The van der Waals surface area contributed by atoms with Gasteiger partial charge in [0, 0.05) is 37.6 Å². The molecule has 0 unspecified atom stereocenters. The third kappa shape index (κ3) is 1.31. The quantitative estimate of drug-likeness (QED) is 0.590. The maximum Gasteiger partial charge on any atom is 0.0760 e. The molecule has 0 amide bonds. The molecule has 1 aliphatic heterocycles. The molecule has 1 aromatic heterocycles. The molecule has 1 fully saturated rings. The predicted octanol–water partition coefficient (Wildman–Crippen LogP) is -0.476. The topological polar surface area (TPSA) is 58.0 Å². The van der Waals surface area contributed by atoms with Gasteiger partial charge in [0.15, 0.2) is 0 Å². The number of rotatable bonds is 1. The molecule has 2 rings (SSSR count). The van der Waals surface area contributed by atoms with Crippen molar-refractivity contribution in [3.8, 4) is 0 Å². The lowest BCUT2D eigenvalue weighted by Crippen LogP contribution is -2.17. The average Bonchev–Trinajstić information content (AvgIpc) is 2.53. The fourth-order valence-electron chi connectivity index (χ4n) is 1.47. The molecule has 0 aromatic carbocycles. The highest BCUT2D eigenvalue weighted by Gasteiger charge is 2.27. The van der Waals surface area contributed by atoms with Gasteiger partial charge in [-0.1, -0.05) is 0 Å². The molecule has 1 saturated heterocycles. The van der Waals surface area contributed by atoms with Gasteiger partial charge in [0.2, 0.25) is 0 Å². The van der Waals surface area contributed by atoms with Crippen molar-refractivity contribution in [3.05, 3.63) is 24.3 Å². The van der Waals surface area contributed by atoms with Crippen LogP contribution in [0.3, 0.4) is 0 Å². The molecule has 0 aliphatic carbocycles. The van der Waals surface area contributed by atoms with Crippen LogP contribution in [0.5, 0.6) is 0 Å². The molecule has 0 bridgehead atoms. The van der Waals surface area contributed by atoms with Gasteiger partial charge in [-0.25, -0.2) is 0 Å². The Morgan fingerprint density at radius 2 is 2.33 bits per heavy atom. The Bertz CT molecular complexity index is 252. The van der Waals surface area contributed by atoms with Crippen LogP contribution in [-0.4, -0.2) is 34.3 Å². The number of nitrogens with one attached hydrogen (secondary N) is 1. The minimum atomic E-state index is -0.318. The van der Waals surface area contributed by atoms with E-state index < -0.39 is 0 Å². The molecule has 1 aromatic rings. The van der Waals surface area contributed by atoms with E-state index in [-0.39, 0.29) is 12.0 Å². The van der Waals surface area contributed by atoms with Gasteiger partial charge < -0.3 is 10.4 Å². The first-order valence-electron chi connectivity index (χ1n) is 4.02. The molecule has 1 aliphatic rings. The summed E-state index contributed by atoms with van der Waals surface area (Å²) >= 11 is 0. The average molecular weight is 165 g/mol. The van der Waals surface area contributed by atoms with E-state index in [9.17, 15) is 5.11 Å². The summed E-state index contributed by atoms with van der Waals surface area (Å²) in [6.07, 6.45) is 4.68. The van der Waals surface area contributed by atoms with Crippen LogP contribution < -0.4 is 5.32 Å². The number of hydrogen-bond donors (Lipinski definition) is 2. The second-order valence-electron chi connectivity index (χ2n) is 2.96. The lowest BCUT2D eigenvalue weighted by Gasteiger charge is -2.10. The van der Waals surface area contributed by atoms with Gasteiger partial charge in [-0.05, 0) is 0 Å². The summed E-state index contributed by atoms with van der Waals surface area (Å²) in [7, 11) is 0. The highest BCUT2D eigenvalue weighted by atomic mass is 16.3. The van der Waals surface area contributed by atoms with Crippen molar-refractivity contribution in [2.24, 2.45) is 0 Å². The Labute approximate surface area is 70.7 Å². The number of nitrogens with zero attached hydrogens (tertiary/aromatic N) is 2. The predicted molar refractivity (Wildman–Crippen MR) is 43.6 cm³/mol. The van der Waals surface area contributed by atoms with Gasteiger partial charge in [-0.2, -0.15) is 0 Å². The molecular formula is C8H11N3O. The molecular weight excluding hydrogens is 154 g/mol. The molecule has 2 atom stereocenters. The van der Waals surface area contributed by atoms with Gasteiger partial charge >= 0.3 is 0 Å². The van der Waals surface area contributed by atoms with Crippen LogP contribution in [0.1, 0.15) is 11.6 Å². The standard InChI is InChI=1S/C8H11N3O/c12-8-5-10-3-6(8)7-4-9-1-2-11-7/h1-2,4,6,8,10,12H,3,5H2/t6-,8+/m0/s1. The van der Waals surface area contributed by atoms with Crippen LogP contribution in [-0.2, 0) is 0 Å². The van der Waals surface area contributed by atoms with Gasteiger partial charge in [-0.3, -0.25) is 9.97 Å². The third-order valence-corrected chi connectivity index (χ3v) is 2.15. The lowest BCUT2D eigenvalue weighted by atomic mass is 10.0. The van der Waals surface area contributed by atoms with E-state index in [0.29, 0.717) is 6.54 Å². The molecule has 0 spiro atoms. The van der Waals surface area contributed by atoms with Crippen molar-refractivity contribution in [2.45, 2.75) is 12.0 Å². The summed E-state index contributed by atoms with van der Waals surface area (Å²) in [5.41, 5.74) is 0.870. The van der Waals surface area contributed by atoms with Crippen molar-refractivity contribution >= 4 is 0 Å². The smallest absolute Gasteiger partial charge is 0.0760 e. The zero-order valence-corrected chi connectivity index (χ0v) is 6.64. The van der Waals surface area contributed by atoms with Crippen LogP contribution in [0.15, 0.2) is 18.6 Å². The maximum absolute atomic E-state index is 9.51. The Morgan fingerprint density at radius 1 is 1.42 bits per heavy atom. The molecule has 0 radical (unpaired) electrons. The molecule has 12 heavy (non-hydrogen) atoms. The number of aromatic nitrogens is 2.